The Morgan fingerprint density at radius 1 is 1.16 bits per heavy atom. The van der Waals surface area contributed by atoms with E-state index in [1.54, 1.807) is 4.90 Å². The van der Waals surface area contributed by atoms with Gasteiger partial charge in [0.2, 0.25) is 0 Å². The zero-order valence-electron chi connectivity index (χ0n) is 15.1. The second kappa shape index (κ2) is 7.23. The third-order valence-corrected chi connectivity index (χ3v) is 4.08. The average Bonchev–Trinajstić information content (AvgIpc) is 2.47. The van der Waals surface area contributed by atoms with Gasteiger partial charge in [0.1, 0.15) is 5.60 Å². The van der Waals surface area contributed by atoms with Crippen LogP contribution in [0.5, 0.6) is 0 Å². The number of carbonyl (C=O) groups is 1. The fourth-order valence-electron chi connectivity index (χ4n) is 2.76. The van der Waals surface area contributed by atoms with Gasteiger partial charge in [-0.25, -0.2) is 4.79 Å². The van der Waals surface area contributed by atoms with E-state index in [0.717, 1.165) is 17.7 Å². The molecule has 1 saturated heterocycles. The predicted octanol–water partition coefficient (Wildman–Crippen LogP) is 4.15. The number of halogens is 3. The molecule has 0 radical (unpaired) electrons. The molecular formula is C18H25F3N2O2. The van der Waals surface area contributed by atoms with Gasteiger partial charge in [0.05, 0.1) is 5.56 Å². The van der Waals surface area contributed by atoms with Crippen molar-refractivity contribution < 1.29 is 22.7 Å². The molecule has 0 N–H and O–H groups in total. The predicted molar refractivity (Wildman–Crippen MR) is 89.1 cm³/mol. The summed E-state index contributed by atoms with van der Waals surface area (Å²) in [6.45, 7) is 9.78. The van der Waals surface area contributed by atoms with Crippen molar-refractivity contribution in [2.24, 2.45) is 0 Å². The van der Waals surface area contributed by atoms with Crippen molar-refractivity contribution in [3.63, 3.8) is 0 Å². The fourth-order valence-corrected chi connectivity index (χ4v) is 2.76. The van der Waals surface area contributed by atoms with Crippen LogP contribution in [0.4, 0.5) is 18.0 Å². The highest BCUT2D eigenvalue weighted by Crippen LogP contribution is 2.29. The Bertz CT molecular complexity index is 594. The van der Waals surface area contributed by atoms with Gasteiger partial charge >= 0.3 is 12.3 Å². The smallest absolute Gasteiger partial charge is 0.416 e. The van der Waals surface area contributed by atoms with Crippen LogP contribution in [0.1, 0.15) is 38.8 Å². The Labute approximate surface area is 146 Å². The van der Waals surface area contributed by atoms with Crippen molar-refractivity contribution in [2.45, 2.75) is 52.1 Å². The van der Waals surface area contributed by atoms with Crippen molar-refractivity contribution in [3.05, 3.63) is 35.4 Å². The van der Waals surface area contributed by atoms with Gasteiger partial charge in [-0.05, 0) is 45.4 Å². The van der Waals surface area contributed by atoms with Gasteiger partial charge in [-0.1, -0.05) is 12.1 Å². The van der Waals surface area contributed by atoms with E-state index < -0.39 is 17.3 Å². The molecule has 1 aromatic carbocycles. The maximum Gasteiger partial charge on any atom is 0.416 e. The molecule has 1 heterocycles. The van der Waals surface area contributed by atoms with Crippen molar-refractivity contribution in [1.82, 2.24) is 9.80 Å². The van der Waals surface area contributed by atoms with Gasteiger partial charge in [-0.2, -0.15) is 13.2 Å². The third kappa shape index (κ3) is 5.63. The fraction of sp³-hybridized carbons (Fsp3) is 0.611. The van der Waals surface area contributed by atoms with Gasteiger partial charge in [0.15, 0.2) is 0 Å². The highest BCUT2D eigenvalue weighted by atomic mass is 19.4. The van der Waals surface area contributed by atoms with Crippen LogP contribution in [0.3, 0.4) is 0 Å². The number of nitrogens with zero attached hydrogens (tertiary/aromatic N) is 2. The Morgan fingerprint density at radius 2 is 1.76 bits per heavy atom. The van der Waals surface area contributed by atoms with Gasteiger partial charge in [0.25, 0.3) is 0 Å². The average molecular weight is 358 g/mol. The number of alkyl halides is 3. The van der Waals surface area contributed by atoms with Crippen LogP contribution < -0.4 is 0 Å². The second-order valence-corrected chi connectivity index (χ2v) is 7.44. The third-order valence-electron chi connectivity index (χ3n) is 4.08. The zero-order valence-corrected chi connectivity index (χ0v) is 15.1. The number of piperazine rings is 1. The van der Waals surface area contributed by atoms with E-state index >= 15 is 0 Å². The standard InChI is InChI=1S/C18H25F3N2O2/c1-13-11-23(16(24)25-17(2,3)4)10-9-22(13)12-14-5-7-15(8-6-14)18(19,20)21/h5-8,13H,9-12H2,1-4H3/t13-/m0/s1. The van der Waals surface area contributed by atoms with Gasteiger partial charge in [-0.15, -0.1) is 0 Å². The number of hydrogen-bond donors (Lipinski definition) is 0. The first kappa shape index (κ1) is 19.6. The molecule has 1 aliphatic heterocycles. The van der Waals surface area contributed by atoms with Crippen LogP contribution in [0.25, 0.3) is 0 Å². The molecule has 25 heavy (non-hydrogen) atoms. The number of rotatable bonds is 2. The summed E-state index contributed by atoms with van der Waals surface area (Å²) in [7, 11) is 0. The molecule has 0 aliphatic carbocycles. The molecule has 1 fully saturated rings. The lowest BCUT2D eigenvalue weighted by Crippen LogP contribution is -2.54. The molecule has 2 rings (SSSR count). The van der Waals surface area contributed by atoms with E-state index in [2.05, 4.69) is 4.90 Å². The molecule has 1 aliphatic rings. The molecule has 0 unspecified atom stereocenters. The van der Waals surface area contributed by atoms with Crippen LogP contribution in [-0.2, 0) is 17.5 Å². The zero-order chi connectivity index (χ0) is 18.8. The first-order chi connectivity index (χ1) is 11.5. The highest BCUT2D eigenvalue weighted by Gasteiger charge is 2.31. The number of amides is 1. The number of ether oxygens (including phenoxy) is 1. The molecule has 7 heteroatoms. The van der Waals surface area contributed by atoms with Crippen LogP contribution in [0.2, 0.25) is 0 Å². The molecule has 0 saturated carbocycles. The Balaban J connectivity index is 1.92. The van der Waals surface area contributed by atoms with Crippen molar-refractivity contribution >= 4 is 6.09 Å². The van der Waals surface area contributed by atoms with Gasteiger partial charge in [-0.3, -0.25) is 4.90 Å². The summed E-state index contributed by atoms with van der Waals surface area (Å²) in [5.41, 5.74) is -0.345. The lowest BCUT2D eigenvalue weighted by molar-refractivity contribution is -0.137. The molecular weight excluding hydrogens is 333 g/mol. The van der Waals surface area contributed by atoms with Crippen LogP contribution in [-0.4, -0.2) is 47.2 Å². The van der Waals surface area contributed by atoms with Crippen molar-refractivity contribution in [2.75, 3.05) is 19.6 Å². The van der Waals surface area contributed by atoms with E-state index in [0.29, 0.717) is 26.2 Å². The maximum atomic E-state index is 12.6. The minimum absolute atomic E-state index is 0.101. The first-order valence-corrected chi connectivity index (χ1v) is 8.34. The summed E-state index contributed by atoms with van der Waals surface area (Å²) in [4.78, 5) is 16.0. The molecule has 0 aromatic heterocycles. The number of hydrogen-bond acceptors (Lipinski definition) is 3. The van der Waals surface area contributed by atoms with Crippen molar-refractivity contribution in [1.29, 1.82) is 0 Å². The summed E-state index contributed by atoms with van der Waals surface area (Å²) in [5.74, 6) is 0. The molecule has 4 nitrogen and oxygen atoms in total. The van der Waals surface area contributed by atoms with Crippen LogP contribution >= 0.6 is 0 Å². The molecule has 140 valence electrons. The Morgan fingerprint density at radius 3 is 2.24 bits per heavy atom. The molecule has 0 bridgehead atoms. The van der Waals surface area contributed by atoms with Crippen molar-refractivity contribution in [3.8, 4) is 0 Å². The quantitative estimate of drug-likeness (QED) is 0.796. The number of benzene rings is 1. The first-order valence-electron chi connectivity index (χ1n) is 8.34. The Kier molecular flexibility index (Phi) is 5.66. The molecule has 1 atom stereocenters. The summed E-state index contributed by atoms with van der Waals surface area (Å²) < 4.78 is 43.2. The van der Waals surface area contributed by atoms with Crippen LogP contribution in [0, 0.1) is 0 Å². The second-order valence-electron chi connectivity index (χ2n) is 7.44. The molecule has 1 amide bonds. The van der Waals surface area contributed by atoms with E-state index in [9.17, 15) is 18.0 Å². The number of carbonyl (C=O) groups excluding carboxylic acids is 1. The highest BCUT2D eigenvalue weighted by molar-refractivity contribution is 5.68. The minimum Gasteiger partial charge on any atom is -0.444 e. The van der Waals surface area contributed by atoms with E-state index in [-0.39, 0.29) is 12.1 Å². The van der Waals surface area contributed by atoms with Crippen LogP contribution in [0.15, 0.2) is 24.3 Å². The summed E-state index contributed by atoms with van der Waals surface area (Å²) in [6, 6.07) is 5.34. The summed E-state index contributed by atoms with van der Waals surface area (Å²) >= 11 is 0. The van der Waals surface area contributed by atoms with E-state index in [1.165, 1.54) is 12.1 Å². The summed E-state index contributed by atoms with van der Waals surface area (Å²) in [5, 5.41) is 0. The SMILES string of the molecule is C[C@H]1CN(C(=O)OC(C)(C)C)CCN1Cc1ccc(C(F)(F)F)cc1. The summed E-state index contributed by atoms with van der Waals surface area (Å²) in [6.07, 6.45) is -4.64. The lowest BCUT2D eigenvalue weighted by atomic mass is 10.1. The minimum atomic E-state index is -4.31. The Hall–Kier alpha value is -1.76. The van der Waals surface area contributed by atoms with Gasteiger partial charge < -0.3 is 9.64 Å². The normalized spacial score (nSPS) is 19.8. The lowest BCUT2D eigenvalue weighted by Gasteiger charge is -2.40. The molecule has 1 aromatic rings. The van der Waals surface area contributed by atoms with E-state index in [1.807, 2.05) is 27.7 Å². The monoisotopic (exact) mass is 358 g/mol. The van der Waals surface area contributed by atoms with E-state index in [4.69, 9.17) is 4.74 Å². The largest absolute Gasteiger partial charge is 0.444 e. The van der Waals surface area contributed by atoms with Gasteiger partial charge in [0, 0.05) is 32.2 Å². The topological polar surface area (TPSA) is 32.8 Å². The maximum absolute atomic E-state index is 12.6. The molecule has 0 spiro atoms.